The lowest BCUT2D eigenvalue weighted by Crippen LogP contribution is -2.10. The predicted molar refractivity (Wildman–Crippen MR) is 65.4 cm³/mol. The predicted octanol–water partition coefficient (Wildman–Crippen LogP) is 4.07. The number of halogens is 4. The standard InChI is InChI=1S/C12H12BrF3O2/c1-2-18-11-7-8(10(17)5-6-13)3-4-9(11)12(14,15)16/h3-4,7H,2,5-6H2,1H3. The second-order valence-electron chi connectivity index (χ2n) is 3.50. The van der Waals surface area contributed by atoms with Gasteiger partial charge in [0.2, 0.25) is 0 Å². The third-order valence-corrected chi connectivity index (χ3v) is 2.63. The van der Waals surface area contributed by atoms with Crippen molar-refractivity contribution in [2.45, 2.75) is 19.5 Å². The Balaban J connectivity index is 3.15. The molecule has 0 amide bonds. The Bertz CT molecular complexity index is 430. The van der Waals surface area contributed by atoms with E-state index in [1.807, 2.05) is 0 Å². The third-order valence-electron chi connectivity index (χ3n) is 2.23. The maximum Gasteiger partial charge on any atom is 0.419 e. The second kappa shape index (κ2) is 6.22. The smallest absolute Gasteiger partial charge is 0.419 e. The van der Waals surface area contributed by atoms with E-state index in [0.717, 1.165) is 12.1 Å². The van der Waals surface area contributed by atoms with Crippen molar-refractivity contribution in [2.75, 3.05) is 11.9 Å². The van der Waals surface area contributed by atoms with E-state index < -0.39 is 11.7 Å². The lowest BCUT2D eigenvalue weighted by Gasteiger charge is -2.14. The Hall–Kier alpha value is -1.04. The first-order valence-corrected chi connectivity index (χ1v) is 6.45. The van der Waals surface area contributed by atoms with E-state index in [-0.39, 0.29) is 30.1 Å². The zero-order valence-corrected chi connectivity index (χ0v) is 11.3. The number of alkyl halides is 4. The number of rotatable bonds is 5. The molecule has 100 valence electrons. The van der Waals surface area contributed by atoms with Crippen LogP contribution in [0.4, 0.5) is 13.2 Å². The quantitative estimate of drug-likeness (QED) is 0.602. The lowest BCUT2D eigenvalue weighted by atomic mass is 10.1. The summed E-state index contributed by atoms with van der Waals surface area (Å²) < 4.78 is 43.0. The molecule has 0 saturated heterocycles. The summed E-state index contributed by atoms with van der Waals surface area (Å²) in [6, 6.07) is 3.21. The van der Waals surface area contributed by atoms with Gasteiger partial charge >= 0.3 is 6.18 Å². The fourth-order valence-corrected chi connectivity index (χ4v) is 1.80. The molecule has 0 spiro atoms. The number of benzene rings is 1. The number of carbonyl (C=O) groups is 1. The number of ketones is 1. The second-order valence-corrected chi connectivity index (χ2v) is 4.30. The van der Waals surface area contributed by atoms with Gasteiger partial charge in [-0.3, -0.25) is 4.79 Å². The summed E-state index contributed by atoms with van der Waals surface area (Å²) in [5.41, 5.74) is -0.634. The van der Waals surface area contributed by atoms with Gasteiger partial charge in [-0.25, -0.2) is 0 Å². The zero-order chi connectivity index (χ0) is 13.8. The van der Waals surface area contributed by atoms with Crippen LogP contribution < -0.4 is 4.74 Å². The number of ether oxygens (including phenoxy) is 1. The Labute approximate surface area is 111 Å². The molecule has 1 aromatic carbocycles. The van der Waals surface area contributed by atoms with Crippen LogP contribution in [0.2, 0.25) is 0 Å². The third kappa shape index (κ3) is 3.73. The molecule has 0 heterocycles. The van der Waals surface area contributed by atoms with Crippen LogP contribution in [0.3, 0.4) is 0 Å². The van der Waals surface area contributed by atoms with Gasteiger partial charge in [0, 0.05) is 17.3 Å². The Morgan fingerprint density at radius 2 is 2.06 bits per heavy atom. The minimum atomic E-state index is -4.48. The fourth-order valence-electron chi connectivity index (χ4n) is 1.44. The van der Waals surface area contributed by atoms with Gasteiger partial charge < -0.3 is 4.74 Å². The number of hydrogen-bond acceptors (Lipinski definition) is 2. The molecule has 1 rings (SSSR count). The summed E-state index contributed by atoms with van der Waals surface area (Å²) in [5, 5.41) is 0.469. The summed E-state index contributed by atoms with van der Waals surface area (Å²) in [6.45, 7) is 1.70. The first-order valence-electron chi connectivity index (χ1n) is 5.33. The van der Waals surface area contributed by atoms with Crippen molar-refractivity contribution in [3.05, 3.63) is 29.3 Å². The van der Waals surface area contributed by atoms with Crippen molar-refractivity contribution in [2.24, 2.45) is 0 Å². The molecule has 0 aliphatic carbocycles. The van der Waals surface area contributed by atoms with Gasteiger partial charge in [-0.1, -0.05) is 22.0 Å². The lowest BCUT2D eigenvalue weighted by molar-refractivity contribution is -0.138. The molecule has 0 aromatic heterocycles. The van der Waals surface area contributed by atoms with Crippen LogP contribution in [0.1, 0.15) is 29.3 Å². The minimum absolute atomic E-state index is 0.110. The van der Waals surface area contributed by atoms with Crippen molar-refractivity contribution in [1.82, 2.24) is 0 Å². The number of hydrogen-bond donors (Lipinski definition) is 0. The average molecular weight is 325 g/mol. The topological polar surface area (TPSA) is 26.3 Å². The van der Waals surface area contributed by atoms with E-state index in [1.165, 1.54) is 6.07 Å². The molecule has 0 atom stereocenters. The minimum Gasteiger partial charge on any atom is -0.493 e. The maximum atomic E-state index is 12.7. The zero-order valence-electron chi connectivity index (χ0n) is 9.68. The Morgan fingerprint density at radius 3 is 2.56 bits per heavy atom. The summed E-state index contributed by atoms with van der Waals surface area (Å²) in [7, 11) is 0. The van der Waals surface area contributed by atoms with Gasteiger partial charge in [-0.05, 0) is 19.1 Å². The molecule has 0 unspecified atom stereocenters. The van der Waals surface area contributed by atoms with Crippen LogP contribution >= 0.6 is 15.9 Å². The Morgan fingerprint density at radius 1 is 1.39 bits per heavy atom. The highest BCUT2D eigenvalue weighted by atomic mass is 79.9. The Kier molecular flexibility index (Phi) is 5.19. The van der Waals surface area contributed by atoms with Gasteiger partial charge in [0.05, 0.1) is 12.2 Å². The summed E-state index contributed by atoms with van der Waals surface area (Å²) >= 11 is 3.11. The molecular formula is C12H12BrF3O2. The molecule has 0 saturated carbocycles. The molecule has 18 heavy (non-hydrogen) atoms. The molecule has 0 aliphatic heterocycles. The molecule has 0 N–H and O–H groups in total. The van der Waals surface area contributed by atoms with E-state index in [4.69, 9.17) is 4.74 Å². The molecule has 6 heteroatoms. The van der Waals surface area contributed by atoms with Crippen LogP contribution in [0, 0.1) is 0 Å². The van der Waals surface area contributed by atoms with Crippen LogP contribution in [-0.4, -0.2) is 17.7 Å². The highest BCUT2D eigenvalue weighted by molar-refractivity contribution is 9.09. The van der Waals surface area contributed by atoms with E-state index in [2.05, 4.69) is 15.9 Å². The van der Waals surface area contributed by atoms with E-state index in [1.54, 1.807) is 6.92 Å². The summed E-state index contributed by atoms with van der Waals surface area (Å²) in [4.78, 5) is 11.6. The molecule has 0 radical (unpaired) electrons. The molecule has 0 aliphatic rings. The largest absolute Gasteiger partial charge is 0.493 e. The highest BCUT2D eigenvalue weighted by Gasteiger charge is 2.34. The normalized spacial score (nSPS) is 11.4. The van der Waals surface area contributed by atoms with Crippen LogP contribution in [-0.2, 0) is 6.18 Å². The van der Waals surface area contributed by atoms with Crippen molar-refractivity contribution >= 4 is 21.7 Å². The summed E-state index contributed by atoms with van der Waals surface area (Å²) in [6.07, 6.45) is -4.25. The molecule has 2 nitrogen and oxygen atoms in total. The van der Waals surface area contributed by atoms with Crippen LogP contribution in [0.5, 0.6) is 5.75 Å². The SMILES string of the molecule is CCOc1cc(C(=O)CCBr)ccc1C(F)(F)F. The van der Waals surface area contributed by atoms with E-state index in [9.17, 15) is 18.0 Å². The van der Waals surface area contributed by atoms with E-state index >= 15 is 0 Å². The highest BCUT2D eigenvalue weighted by Crippen LogP contribution is 2.36. The van der Waals surface area contributed by atoms with Gasteiger partial charge in [0.15, 0.2) is 5.78 Å². The van der Waals surface area contributed by atoms with Crippen molar-refractivity contribution in [3.63, 3.8) is 0 Å². The van der Waals surface area contributed by atoms with Gasteiger partial charge in [-0.2, -0.15) is 13.2 Å². The van der Waals surface area contributed by atoms with Gasteiger partial charge in [0.1, 0.15) is 5.75 Å². The van der Waals surface area contributed by atoms with Gasteiger partial charge in [0.25, 0.3) is 0 Å². The molecule has 0 fully saturated rings. The first kappa shape index (κ1) is 15.0. The average Bonchev–Trinajstić information content (AvgIpc) is 2.28. The fraction of sp³-hybridized carbons (Fsp3) is 0.417. The van der Waals surface area contributed by atoms with Crippen molar-refractivity contribution in [3.8, 4) is 5.75 Å². The maximum absolute atomic E-state index is 12.7. The van der Waals surface area contributed by atoms with E-state index in [0.29, 0.717) is 5.33 Å². The summed E-state index contributed by atoms with van der Waals surface area (Å²) in [5.74, 6) is -0.521. The van der Waals surface area contributed by atoms with Crippen LogP contribution in [0.15, 0.2) is 18.2 Å². The molecular weight excluding hydrogens is 313 g/mol. The molecule has 1 aromatic rings. The van der Waals surface area contributed by atoms with Gasteiger partial charge in [-0.15, -0.1) is 0 Å². The first-order chi connectivity index (χ1) is 8.40. The number of carbonyl (C=O) groups excluding carboxylic acids is 1. The monoisotopic (exact) mass is 324 g/mol. The van der Waals surface area contributed by atoms with Crippen LogP contribution in [0.25, 0.3) is 0 Å². The van der Waals surface area contributed by atoms with Crippen molar-refractivity contribution < 1.29 is 22.7 Å². The molecule has 0 bridgehead atoms. The van der Waals surface area contributed by atoms with Crippen molar-refractivity contribution in [1.29, 1.82) is 0 Å². The number of Topliss-reactive ketones (excluding diaryl/α,β-unsaturated/α-hetero) is 1.